The number of hydrogen-bond acceptors (Lipinski definition) is 10. The molecule has 14 heteroatoms. The molecule has 0 saturated carbocycles. The van der Waals surface area contributed by atoms with Crippen molar-refractivity contribution < 1.29 is 39.2 Å². The van der Waals surface area contributed by atoms with Crippen LogP contribution in [-0.2, 0) is 9.53 Å². The van der Waals surface area contributed by atoms with Crippen molar-refractivity contribution in [3.05, 3.63) is 78.9 Å². The number of hydrogen-bond donors (Lipinski definition) is 4. The van der Waals surface area contributed by atoms with E-state index in [1.54, 1.807) is 0 Å². The molecule has 0 aromatic heterocycles. The zero-order valence-electron chi connectivity index (χ0n) is 24.4. The molecule has 1 aliphatic heterocycles. The monoisotopic (exact) mass is 600 g/mol. The minimum atomic E-state index is -1.39. The highest BCUT2D eigenvalue weighted by molar-refractivity contribution is 5.98. The first-order valence-corrected chi connectivity index (χ1v) is 13.7. The summed E-state index contributed by atoms with van der Waals surface area (Å²) in [6, 6.07) is 5.64. The Hall–Kier alpha value is -4.27. The molecule has 0 aliphatic carbocycles. The number of benzene rings is 2. The van der Waals surface area contributed by atoms with Crippen LogP contribution in [0.1, 0.15) is 58.5 Å². The number of nitrogens with zero attached hydrogens (tertiary/aromatic N) is 2. The molecule has 1 aliphatic rings. The largest absolute Gasteiger partial charge is 0.394 e. The van der Waals surface area contributed by atoms with Gasteiger partial charge in [0.2, 0.25) is 5.91 Å². The summed E-state index contributed by atoms with van der Waals surface area (Å²) in [6.45, 7) is 5.76. The average molecular weight is 601 g/mol. The number of rotatable bonds is 15. The molecule has 1 fully saturated rings. The van der Waals surface area contributed by atoms with E-state index in [0.717, 1.165) is 0 Å². The molecule has 1 saturated heterocycles. The molecule has 4 atom stereocenters. The predicted octanol–water partition coefficient (Wildman–Crippen LogP) is 2.39. The van der Waals surface area contributed by atoms with E-state index in [1.165, 1.54) is 50.2 Å². The fraction of sp³-hybridized carbons (Fsp3) is 0.483. The van der Waals surface area contributed by atoms with E-state index in [0.29, 0.717) is 12.0 Å². The first-order chi connectivity index (χ1) is 20.2. The number of carbonyl (C=O) groups is 3. The summed E-state index contributed by atoms with van der Waals surface area (Å²) in [4.78, 5) is 60.8. The van der Waals surface area contributed by atoms with Gasteiger partial charge in [-0.05, 0) is 50.5 Å². The summed E-state index contributed by atoms with van der Waals surface area (Å²) >= 11 is 0. The van der Waals surface area contributed by atoms with Crippen LogP contribution in [0.2, 0.25) is 0 Å². The van der Waals surface area contributed by atoms with Crippen LogP contribution in [0.4, 0.5) is 11.4 Å². The lowest BCUT2D eigenvalue weighted by atomic mass is 9.78. The number of nitro benzene ring substituents is 2. The van der Waals surface area contributed by atoms with Crippen LogP contribution in [0.3, 0.4) is 0 Å². The van der Waals surface area contributed by atoms with Crippen molar-refractivity contribution in [2.24, 2.45) is 11.8 Å². The molecule has 0 radical (unpaired) electrons. The lowest BCUT2D eigenvalue weighted by molar-refractivity contribution is -0.385. The third-order valence-electron chi connectivity index (χ3n) is 7.58. The SMILES string of the molecule is Cc1cc(C(=O)CC(C(CC(C)C)NC(=O)[C@H](CO)NC(=O)c2ccc([N+](=O)[O-])c(C)c2)C2(CO)CO2)ccc1[N+](=O)[O-]. The highest BCUT2D eigenvalue weighted by atomic mass is 16.6. The van der Waals surface area contributed by atoms with Gasteiger partial charge in [-0.25, -0.2) is 0 Å². The Morgan fingerprint density at radius 1 is 0.953 bits per heavy atom. The summed E-state index contributed by atoms with van der Waals surface area (Å²) in [7, 11) is 0. The van der Waals surface area contributed by atoms with Gasteiger partial charge in [0.25, 0.3) is 17.3 Å². The molecule has 2 amide bonds. The van der Waals surface area contributed by atoms with Crippen LogP contribution in [-0.4, -0.2) is 75.2 Å². The molecule has 2 aromatic carbocycles. The molecule has 3 rings (SSSR count). The van der Waals surface area contributed by atoms with E-state index >= 15 is 0 Å². The molecule has 1 heterocycles. The van der Waals surface area contributed by atoms with Gasteiger partial charge in [-0.2, -0.15) is 0 Å². The van der Waals surface area contributed by atoms with Crippen molar-refractivity contribution in [1.29, 1.82) is 0 Å². The molecule has 0 bridgehead atoms. The number of ether oxygens (including phenoxy) is 1. The Morgan fingerprint density at radius 2 is 1.49 bits per heavy atom. The van der Waals surface area contributed by atoms with Crippen molar-refractivity contribution in [3.63, 3.8) is 0 Å². The third kappa shape index (κ3) is 7.97. The van der Waals surface area contributed by atoms with Gasteiger partial charge >= 0.3 is 0 Å². The summed E-state index contributed by atoms with van der Waals surface area (Å²) in [5, 5.41) is 47.7. The Labute approximate surface area is 247 Å². The van der Waals surface area contributed by atoms with Gasteiger partial charge in [-0.1, -0.05) is 13.8 Å². The number of aryl methyl sites for hydroxylation is 2. The first-order valence-electron chi connectivity index (χ1n) is 13.7. The van der Waals surface area contributed by atoms with Crippen LogP contribution >= 0.6 is 0 Å². The van der Waals surface area contributed by atoms with E-state index in [1.807, 2.05) is 13.8 Å². The molecule has 43 heavy (non-hydrogen) atoms. The van der Waals surface area contributed by atoms with Gasteiger partial charge in [0.1, 0.15) is 11.6 Å². The number of ketones is 1. The number of Topliss-reactive ketones (excluding diaryl/α,β-unsaturated/α-hetero) is 1. The van der Waals surface area contributed by atoms with Crippen LogP contribution in [0.5, 0.6) is 0 Å². The topological polar surface area (TPSA) is 215 Å². The van der Waals surface area contributed by atoms with Crippen molar-refractivity contribution in [2.75, 3.05) is 19.8 Å². The van der Waals surface area contributed by atoms with Crippen LogP contribution < -0.4 is 10.6 Å². The van der Waals surface area contributed by atoms with Gasteiger partial charge in [0.05, 0.1) is 29.7 Å². The standard InChI is InChI=1S/C29H36N4O10/c1-16(2)9-22(30-28(38)23(13-34)31-27(37)20-6-8-25(33(41)42)18(4)11-20)21(29(14-35)15-43-29)12-26(36)19-5-7-24(32(39)40)17(3)10-19/h5-8,10-11,16,21-23,34-35H,9,12-15H2,1-4H3,(H,30,38)(H,31,37)/t21?,22?,23-,29?/m0/s1. The first kappa shape index (κ1) is 33.2. The Balaban J connectivity index is 1.83. The van der Waals surface area contributed by atoms with Crippen LogP contribution in [0.15, 0.2) is 36.4 Å². The van der Waals surface area contributed by atoms with Crippen LogP contribution in [0, 0.1) is 45.9 Å². The maximum Gasteiger partial charge on any atom is 0.272 e. The molecular weight excluding hydrogens is 564 g/mol. The van der Waals surface area contributed by atoms with E-state index in [9.17, 15) is 44.8 Å². The summed E-state index contributed by atoms with van der Waals surface area (Å²) in [6.07, 6.45) is 0.204. The second kappa shape index (κ2) is 13.8. The second-order valence-electron chi connectivity index (χ2n) is 11.2. The highest BCUT2D eigenvalue weighted by Crippen LogP contribution is 2.41. The Bertz CT molecular complexity index is 1410. The van der Waals surface area contributed by atoms with E-state index < -0.39 is 58.5 Å². The summed E-state index contributed by atoms with van der Waals surface area (Å²) < 4.78 is 5.60. The minimum Gasteiger partial charge on any atom is -0.394 e. The van der Waals surface area contributed by atoms with E-state index in [-0.39, 0.29) is 52.8 Å². The van der Waals surface area contributed by atoms with Crippen molar-refractivity contribution in [2.45, 2.75) is 58.2 Å². The zero-order valence-corrected chi connectivity index (χ0v) is 24.4. The minimum absolute atomic E-state index is 0.0178. The molecule has 14 nitrogen and oxygen atoms in total. The maximum atomic E-state index is 13.4. The molecule has 232 valence electrons. The number of carbonyl (C=O) groups excluding carboxylic acids is 3. The number of aliphatic hydroxyl groups is 2. The number of nitro groups is 2. The molecule has 0 spiro atoms. The summed E-state index contributed by atoms with van der Waals surface area (Å²) in [5.41, 5.74) is -0.564. The van der Waals surface area contributed by atoms with Crippen molar-refractivity contribution >= 4 is 29.0 Å². The Kier molecular flexibility index (Phi) is 10.7. The number of epoxide rings is 1. The van der Waals surface area contributed by atoms with Crippen molar-refractivity contribution in [1.82, 2.24) is 10.6 Å². The zero-order chi connectivity index (χ0) is 32.1. The fourth-order valence-electron chi connectivity index (χ4n) is 5.11. The van der Waals surface area contributed by atoms with Gasteiger partial charge in [0, 0.05) is 52.8 Å². The fourth-order valence-corrected chi connectivity index (χ4v) is 5.11. The average Bonchev–Trinajstić information content (AvgIpc) is 3.74. The Morgan fingerprint density at radius 3 is 1.93 bits per heavy atom. The molecular formula is C29H36N4O10. The molecule has 4 N–H and O–H groups in total. The lowest BCUT2D eigenvalue weighted by Crippen LogP contribution is -2.55. The number of nitrogens with one attached hydrogen (secondary N) is 2. The molecule has 3 unspecified atom stereocenters. The number of amides is 2. The van der Waals surface area contributed by atoms with E-state index in [2.05, 4.69) is 10.6 Å². The smallest absolute Gasteiger partial charge is 0.272 e. The quantitative estimate of drug-likeness (QED) is 0.101. The van der Waals surface area contributed by atoms with Gasteiger partial charge in [-0.3, -0.25) is 34.6 Å². The normalized spacial score (nSPS) is 17.9. The van der Waals surface area contributed by atoms with Gasteiger partial charge in [0.15, 0.2) is 5.78 Å². The van der Waals surface area contributed by atoms with E-state index in [4.69, 9.17) is 4.74 Å². The lowest BCUT2D eigenvalue weighted by Gasteiger charge is -2.33. The highest BCUT2D eigenvalue weighted by Gasteiger charge is 2.54. The third-order valence-corrected chi connectivity index (χ3v) is 7.58. The van der Waals surface area contributed by atoms with Gasteiger partial charge in [-0.15, -0.1) is 0 Å². The van der Waals surface area contributed by atoms with Crippen LogP contribution in [0.25, 0.3) is 0 Å². The summed E-state index contributed by atoms with van der Waals surface area (Å²) in [5.74, 6) is -2.53. The number of aliphatic hydroxyl groups excluding tert-OH is 2. The second-order valence-corrected chi connectivity index (χ2v) is 11.2. The maximum absolute atomic E-state index is 13.4. The predicted molar refractivity (Wildman–Crippen MR) is 154 cm³/mol. The van der Waals surface area contributed by atoms with Gasteiger partial charge < -0.3 is 25.6 Å². The van der Waals surface area contributed by atoms with Crippen molar-refractivity contribution in [3.8, 4) is 0 Å². The molecule has 2 aromatic rings.